The predicted octanol–water partition coefficient (Wildman–Crippen LogP) is 3.58. The number of esters is 2. The Morgan fingerprint density at radius 1 is 0.968 bits per heavy atom. The Morgan fingerprint density at radius 2 is 1.61 bits per heavy atom. The molecule has 0 bridgehead atoms. The Hall–Kier alpha value is -2.90. The van der Waals surface area contributed by atoms with E-state index in [2.05, 4.69) is 12.1 Å². The van der Waals surface area contributed by atoms with Crippen LogP contribution in [0.1, 0.15) is 37.2 Å². The Bertz CT molecular complexity index is 914. The fourth-order valence-corrected chi connectivity index (χ4v) is 4.45. The number of rotatable bonds is 4. The highest BCUT2D eigenvalue weighted by atomic mass is 16.7. The summed E-state index contributed by atoms with van der Waals surface area (Å²) in [5, 5.41) is 0. The van der Waals surface area contributed by atoms with Gasteiger partial charge in [0.25, 0.3) is 0 Å². The molecule has 1 aromatic carbocycles. The van der Waals surface area contributed by atoms with Crippen molar-refractivity contribution in [3.05, 3.63) is 65.5 Å². The van der Waals surface area contributed by atoms with Crippen molar-refractivity contribution in [1.29, 1.82) is 0 Å². The minimum Gasteiger partial charge on any atom is -0.465 e. The summed E-state index contributed by atoms with van der Waals surface area (Å²) in [7, 11) is 2.57. The molecule has 0 amide bonds. The smallest absolute Gasteiger partial charge is 0.355 e. The molecule has 4 rings (SSSR count). The molecule has 0 aromatic heterocycles. The van der Waals surface area contributed by atoms with Gasteiger partial charge in [0, 0.05) is 24.7 Å². The molecule has 0 atom stereocenters. The minimum absolute atomic E-state index is 0.113. The molecule has 31 heavy (non-hydrogen) atoms. The first kappa shape index (κ1) is 21.3. The van der Waals surface area contributed by atoms with Crippen molar-refractivity contribution in [2.45, 2.75) is 37.4 Å². The Balaban J connectivity index is 1.57. The number of anilines is 1. The first-order valence-corrected chi connectivity index (χ1v) is 10.5. The van der Waals surface area contributed by atoms with Gasteiger partial charge in [0.05, 0.1) is 33.0 Å². The van der Waals surface area contributed by atoms with Gasteiger partial charge in [0.1, 0.15) is 5.70 Å². The fourth-order valence-electron chi connectivity index (χ4n) is 4.45. The van der Waals surface area contributed by atoms with Gasteiger partial charge in [0.2, 0.25) is 0 Å². The summed E-state index contributed by atoms with van der Waals surface area (Å²) in [4.78, 5) is 26.5. The average Bonchev–Trinajstić information content (AvgIpc) is 3.14. The molecule has 1 spiro atoms. The third-order valence-electron chi connectivity index (χ3n) is 6.09. The standard InChI is InChI=1S/C24H27NO6/c1-28-22(26)20-5-3-4-14-25(21(20)23(27)29-2)19-8-6-17(7-9-19)18-10-12-24(13-11-18)30-15-16-31-24/h3-9,14,18H,10-13,15-16H2,1-2H3. The molecule has 7 heteroatoms. The average molecular weight is 425 g/mol. The lowest BCUT2D eigenvalue weighted by Crippen LogP contribution is -2.34. The van der Waals surface area contributed by atoms with Crippen molar-refractivity contribution in [2.75, 3.05) is 32.3 Å². The summed E-state index contributed by atoms with van der Waals surface area (Å²) in [6.07, 6.45) is 10.5. The zero-order valence-electron chi connectivity index (χ0n) is 17.8. The van der Waals surface area contributed by atoms with E-state index in [4.69, 9.17) is 18.9 Å². The maximum atomic E-state index is 12.6. The van der Waals surface area contributed by atoms with E-state index < -0.39 is 11.9 Å². The molecular formula is C24H27NO6. The van der Waals surface area contributed by atoms with Crippen LogP contribution in [-0.2, 0) is 28.5 Å². The van der Waals surface area contributed by atoms with E-state index in [1.807, 2.05) is 12.1 Å². The van der Waals surface area contributed by atoms with E-state index in [0.717, 1.165) is 31.4 Å². The van der Waals surface area contributed by atoms with Crippen LogP contribution in [0.3, 0.4) is 0 Å². The van der Waals surface area contributed by atoms with Crippen LogP contribution in [0.5, 0.6) is 0 Å². The molecule has 164 valence electrons. The highest BCUT2D eigenvalue weighted by Crippen LogP contribution is 2.42. The maximum Gasteiger partial charge on any atom is 0.355 e. The van der Waals surface area contributed by atoms with E-state index in [-0.39, 0.29) is 17.1 Å². The van der Waals surface area contributed by atoms with Crippen molar-refractivity contribution in [2.24, 2.45) is 0 Å². The lowest BCUT2D eigenvalue weighted by molar-refractivity contribution is -0.178. The van der Waals surface area contributed by atoms with Crippen LogP contribution in [0.25, 0.3) is 0 Å². The van der Waals surface area contributed by atoms with Gasteiger partial charge in [-0.1, -0.05) is 18.2 Å². The number of benzene rings is 1. The van der Waals surface area contributed by atoms with Crippen LogP contribution >= 0.6 is 0 Å². The molecule has 1 aromatic rings. The van der Waals surface area contributed by atoms with E-state index in [0.29, 0.717) is 19.1 Å². The summed E-state index contributed by atoms with van der Waals surface area (Å²) in [6, 6.07) is 8.06. The monoisotopic (exact) mass is 425 g/mol. The van der Waals surface area contributed by atoms with Crippen LogP contribution < -0.4 is 4.90 Å². The molecule has 0 radical (unpaired) electrons. The number of methoxy groups -OCH3 is 2. The molecule has 2 heterocycles. The molecule has 1 saturated carbocycles. The lowest BCUT2D eigenvalue weighted by Gasteiger charge is -2.35. The van der Waals surface area contributed by atoms with Gasteiger partial charge in [0.15, 0.2) is 5.79 Å². The summed E-state index contributed by atoms with van der Waals surface area (Å²) in [5.41, 5.74) is 2.24. The zero-order chi connectivity index (χ0) is 21.8. The minimum atomic E-state index is -0.616. The van der Waals surface area contributed by atoms with Gasteiger partial charge >= 0.3 is 11.9 Å². The molecular weight excluding hydrogens is 398 g/mol. The van der Waals surface area contributed by atoms with Crippen molar-refractivity contribution >= 4 is 17.6 Å². The van der Waals surface area contributed by atoms with Crippen LogP contribution in [-0.4, -0.2) is 45.2 Å². The first-order chi connectivity index (χ1) is 15.1. The van der Waals surface area contributed by atoms with Crippen molar-refractivity contribution in [1.82, 2.24) is 0 Å². The van der Waals surface area contributed by atoms with Crippen LogP contribution in [0.2, 0.25) is 0 Å². The quantitative estimate of drug-likeness (QED) is 0.683. The zero-order valence-corrected chi connectivity index (χ0v) is 17.8. The molecule has 3 aliphatic rings. The highest BCUT2D eigenvalue weighted by Gasteiger charge is 2.40. The van der Waals surface area contributed by atoms with Gasteiger partial charge in [-0.2, -0.15) is 0 Å². The Labute approximate surface area is 181 Å². The van der Waals surface area contributed by atoms with Crippen molar-refractivity contribution in [3.63, 3.8) is 0 Å². The summed E-state index contributed by atoms with van der Waals surface area (Å²) >= 11 is 0. The van der Waals surface area contributed by atoms with E-state index in [1.54, 1.807) is 29.3 Å². The second-order valence-corrected chi connectivity index (χ2v) is 7.79. The number of carbonyl (C=O) groups excluding carboxylic acids is 2. The molecule has 0 unspecified atom stereocenters. The van der Waals surface area contributed by atoms with Crippen LogP contribution in [0.15, 0.2) is 60.0 Å². The second kappa shape index (κ2) is 9.08. The number of nitrogens with zero attached hydrogens (tertiary/aromatic N) is 1. The van der Waals surface area contributed by atoms with Crippen LogP contribution in [0.4, 0.5) is 5.69 Å². The lowest BCUT2D eigenvalue weighted by atomic mass is 9.81. The van der Waals surface area contributed by atoms with Gasteiger partial charge < -0.3 is 23.8 Å². The van der Waals surface area contributed by atoms with Gasteiger partial charge in [-0.15, -0.1) is 0 Å². The third kappa shape index (κ3) is 4.29. The van der Waals surface area contributed by atoms with E-state index >= 15 is 0 Å². The van der Waals surface area contributed by atoms with E-state index in [9.17, 15) is 9.59 Å². The van der Waals surface area contributed by atoms with E-state index in [1.165, 1.54) is 19.8 Å². The first-order valence-electron chi connectivity index (χ1n) is 10.5. The summed E-state index contributed by atoms with van der Waals surface area (Å²) in [5.74, 6) is -1.15. The molecule has 0 N–H and O–H groups in total. The molecule has 2 aliphatic heterocycles. The van der Waals surface area contributed by atoms with Gasteiger partial charge in [-0.3, -0.25) is 0 Å². The van der Waals surface area contributed by atoms with Crippen molar-refractivity contribution < 1.29 is 28.5 Å². The SMILES string of the molecule is COC(=O)C1=C(C(=O)OC)N(c2ccc(C3CCC4(CC3)OCCO4)cc2)C=CC=C1. The number of allylic oxidation sites excluding steroid dienone is 2. The summed E-state index contributed by atoms with van der Waals surface area (Å²) < 4.78 is 21.5. The van der Waals surface area contributed by atoms with Gasteiger partial charge in [-0.25, -0.2) is 9.59 Å². The third-order valence-corrected chi connectivity index (χ3v) is 6.09. The van der Waals surface area contributed by atoms with Crippen molar-refractivity contribution in [3.8, 4) is 0 Å². The maximum absolute atomic E-state index is 12.6. The number of carbonyl (C=O) groups is 2. The largest absolute Gasteiger partial charge is 0.465 e. The molecule has 1 saturated heterocycles. The normalized spacial score (nSPS) is 20.8. The van der Waals surface area contributed by atoms with Crippen LogP contribution in [0, 0.1) is 0 Å². The molecule has 7 nitrogen and oxygen atoms in total. The number of ether oxygens (including phenoxy) is 4. The topological polar surface area (TPSA) is 74.3 Å². The predicted molar refractivity (Wildman–Crippen MR) is 114 cm³/mol. The fraction of sp³-hybridized carbons (Fsp3) is 0.417. The van der Waals surface area contributed by atoms with Gasteiger partial charge in [-0.05, 0) is 48.6 Å². The Kier molecular flexibility index (Phi) is 6.25. The Morgan fingerprint density at radius 3 is 2.23 bits per heavy atom. The molecule has 1 aliphatic carbocycles. The highest BCUT2D eigenvalue weighted by molar-refractivity contribution is 6.05. The molecule has 2 fully saturated rings. The second-order valence-electron chi connectivity index (χ2n) is 7.79. The number of hydrogen-bond acceptors (Lipinski definition) is 7. The number of hydrogen-bond donors (Lipinski definition) is 0. The summed E-state index contributed by atoms with van der Waals surface area (Å²) in [6.45, 7) is 1.36.